The smallest absolute Gasteiger partial charge is 0.340 e. The van der Waals surface area contributed by atoms with Crippen LogP contribution >= 0.6 is 0 Å². The summed E-state index contributed by atoms with van der Waals surface area (Å²) in [6.45, 7) is 0. The van der Waals surface area contributed by atoms with Gasteiger partial charge in [-0.2, -0.15) is 0 Å². The van der Waals surface area contributed by atoms with Crippen LogP contribution in [0.25, 0.3) is 22.1 Å². The van der Waals surface area contributed by atoms with E-state index >= 15 is 0 Å². The highest BCUT2D eigenvalue weighted by Gasteiger charge is 2.22. The van der Waals surface area contributed by atoms with Crippen molar-refractivity contribution in [2.75, 3.05) is 12.4 Å². The van der Waals surface area contributed by atoms with Gasteiger partial charge in [-0.1, -0.05) is 42.5 Å². The second-order valence-electron chi connectivity index (χ2n) is 8.00. The van der Waals surface area contributed by atoms with Gasteiger partial charge in [-0.25, -0.2) is 4.79 Å². The molecule has 1 aromatic heterocycles. The molecule has 4 aromatic rings. The minimum absolute atomic E-state index is 0.0996. The van der Waals surface area contributed by atoms with E-state index in [2.05, 4.69) is 11.4 Å². The second-order valence-corrected chi connectivity index (χ2v) is 8.00. The molecule has 0 spiro atoms. The molecular weight excluding hydrogens is 402 g/mol. The van der Waals surface area contributed by atoms with Crippen molar-refractivity contribution < 1.29 is 13.9 Å². The summed E-state index contributed by atoms with van der Waals surface area (Å²) in [5, 5.41) is 3.73. The maximum atomic E-state index is 13.1. The second kappa shape index (κ2) is 8.35. The highest BCUT2D eigenvalue weighted by Crippen LogP contribution is 2.35. The van der Waals surface area contributed by atoms with Gasteiger partial charge in [-0.05, 0) is 60.2 Å². The Morgan fingerprint density at radius 2 is 1.72 bits per heavy atom. The average molecular weight is 425 g/mol. The third kappa shape index (κ3) is 3.66. The Kier molecular flexibility index (Phi) is 5.23. The van der Waals surface area contributed by atoms with E-state index in [1.165, 1.54) is 11.1 Å². The molecule has 0 fully saturated rings. The highest BCUT2D eigenvalue weighted by atomic mass is 16.5. The van der Waals surface area contributed by atoms with Gasteiger partial charge in [0.2, 0.25) is 5.91 Å². The molecule has 160 valence electrons. The largest absolute Gasteiger partial charge is 0.495 e. The standard InChI is InChI=1S/C27H23NO4/c1-31-23-13-6-5-12-22(23)28-25(29)16-21-26(17-8-3-2-4-9-17)20-14-18-10-7-11-19(18)15-24(20)32-27(21)30/h2-6,8-9,12-15H,7,10-11,16H2,1H3,(H,28,29). The number of benzene rings is 3. The Hall–Kier alpha value is -3.86. The molecule has 5 nitrogen and oxygen atoms in total. The van der Waals surface area contributed by atoms with Crippen LogP contribution in [-0.2, 0) is 24.1 Å². The molecule has 0 saturated heterocycles. The summed E-state index contributed by atoms with van der Waals surface area (Å²) in [5.74, 6) is 0.254. The summed E-state index contributed by atoms with van der Waals surface area (Å²) in [4.78, 5) is 26.0. The fourth-order valence-electron chi connectivity index (χ4n) is 4.51. The number of aryl methyl sites for hydroxylation is 2. The number of carbonyl (C=O) groups is 1. The molecule has 0 unspecified atom stereocenters. The number of hydrogen-bond acceptors (Lipinski definition) is 4. The van der Waals surface area contributed by atoms with Crippen molar-refractivity contribution in [1.82, 2.24) is 0 Å². The lowest BCUT2D eigenvalue weighted by molar-refractivity contribution is -0.115. The number of rotatable bonds is 5. The Labute approximate surface area is 185 Å². The van der Waals surface area contributed by atoms with E-state index in [9.17, 15) is 9.59 Å². The Morgan fingerprint density at radius 3 is 2.50 bits per heavy atom. The zero-order valence-electron chi connectivity index (χ0n) is 17.8. The summed E-state index contributed by atoms with van der Waals surface area (Å²) in [7, 11) is 1.55. The molecule has 1 aliphatic carbocycles. The van der Waals surface area contributed by atoms with Gasteiger partial charge in [0.25, 0.3) is 0 Å². The molecule has 0 saturated carbocycles. The third-order valence-corrected chi connectivity index (χ3v) is 6.00. The van der Waals surface area contributed by atoms with Crippen LogP contribution in [-0.4, -0.2) is 13.0 Å². The van der Waals surface area contributed by atoms with Crippen LogP contribution in [0.2, 0.25) is 0 Å². The summed E-state index contributed by atoms with van der Waals surface area (Å²) in [6, 6.07) is 21.0. The van der Waals surface area contributed by atoms with Crippen LogP contribution < -0.4 is 15.7 Å². The number of methoxy groups -OCH3 is 1. The first kappa shape index (κ1) is 20.1. The number of anilines is 1. The normalized spacial score (nSPS) is 12.5. The lowest BCUT2D eigenvalue weighted by atomic mass is 9.93. The fourth-order valence-corrected chi connectivity index (χ4v) is 4.51. The first-order valence-electron chi connectivity index (χ1n) is 10.7. The monoisotopic (exact) mass is 425 g/mol. The lowest BCUT2D eigenvalue weighted by Gasteiger charge is -2.14. The fraction of sp³-hybridized carbons (Fsp3) is 0.185. The summed E-state index contributed by atoms with van der Waals surface area (Å²) in [6.07, 6.45) is 3.02. The van der Waals surface area contributed by atoms with Gasteiger partial charge >= 0.3 is 5.63 Å². The van der Waals surface area contributed by atoms with Crippen molar-refractivity contribution in [2.24, 2.45) is 0 Å². The zero-order chi connectivity index (χ0) is 22.1. The molecule has 5 heteroatoms. The predicted molar refractivity (Wildman–Crippen MR) is 125 cm³/mol. The van der Waals surface area contributed by atoms with Crippen molar-refractivity contribution in [3.8, 4) is 16.9 Å². The molecule has 5 rings (SSSR count). The van der Waals surface area contributed by atoms with Crippen molar-refractivity contribution in [2.45, 2.75) is 25.7 Å². The van der Waals surface area contributed by atoms with Crippen LogP contribution in [0.1, 0.15) is 23.1 Å². The molecule has 1 heterocycles. The minimum Gasteiger partial charge on any atom is -0.495 e. The molecular formula is C27H23NO4. The first-order chi connectivity index (χ1) is 15.6. The topological polar surface area (TPSA) is 68.5 Å². The van der Waals surface area contributed by atoms with Gasteiger partial charge in [0, 0.05) is 10.9 Å². The molecule has 1 amide bonds. The summed E-state index contributed by atoms with van der Waals surface area (Å²) >= 11 is 0. The zero-order valence-corrected chi connectivity index (χ0v) is 17.8. The predicted octanol–water partition coefficient (Wildman–Crippen LogP) is 5.14. The van der Waals surface area contributed by atoms with Gasteiger partial charge in [0.15, 0.2) is 0 Å². The minimum atomic E-state index is -0.482. The molecule has 0 radical (unpaired) electrons. The number of fused-ring (bicyclic) bond motifs is 2. The highest BCUT2D eigenvalue weighted by molar-refractivity contribution is 6.00. The molecule has 3 aromatic carbocycles. The van der Waals surface area contributed by atoms with E-state index in [0.717, 1.165) is 35.8 Å². The Balaban J connectivity index is 1.62. The lowest BCUT2D eigenvalue weighted by Crippen LogP contribution is -2.21. The van der Waals surface area contributed by atoms with E-state index in [1.807, 2.05) is 48.5 Å². The molecule has 0 atom stereocenters. The summed E-state index contributed by atoms with van der Waals surface area (Å²) in [5.41, 5.74) is 5.19. The quantitative estimate of drug-likeness (QED) is 0.450. The number of ether oxygens (including phenoxy) is 1. The van der Waals surface area contributed by atoms with E-state index < -0.39 is 5.63 Å². The van der Waals surface area contributed by atoms with Gasteiger partial charge < -0.3 is 14.5 Å². The third-order valence-electron chi connectivity index (χ3n) is 6.00. The van der Waals surface area contributed by atoms with Gasteiger partial charge in [-0.15, -0.1) is 0 Å². The van der Waals surface area contributed by atoms with Gasteiger partial charge in [-0.3, -0.25) is 4.79 Å². The van der Waals surface area contributed by atoms with Crippen LogP contribution in [0.5, 0.6) is 5.75 Å². The average Bonchev–Trinajstić information content (AvgIpc) is 3.26. The van der Waals surface area contributed by atoms with E-state index in [0.29, 0.717) is 22.6 Å². The first-order valence-corrected chi connectivity index (χ1v) is 10.7. The van der Waals surface area contributed by atoms with Crippen molar-refractivity contribution in [3.05, 3.63) is 93.8 Å². The van der Waals surface area contributed by atoms with Crippen LogP contribution in [0, 0.1) is 0 Å². The maximum absolute atomic E-state index is 13.1. The molecule has 0 bridgehead atoms. The van der Waals surface area contributed by atoms with Crippen molar-refractivity contribution in [3.63, 3.8) is 0 Å². The number of nitrogens with one attached hydrogen (secondary N) is 1. The van der Waals surface area contributed by atoms with E-state index in [1.54, 1.807) is 19.2 Å². The SMILES string of the molecule is COc1ccccc1NC(=O)Cc1c(-c2ccccc2)c2cc3c(cc2oc1=O)CCC3. The van der Waals surface area contributed by atoms with Crippen molar-refractivity contribution in [1.29, 1.82) is 0 Å². The van der Waals surface area contributed by atoms with E-state index in [-0.39, 0.29) is 12.3 Å². The van der Waals surface area contributed by atoms with Crippen LogP contribution in [0.15, 0.2) is 75.9 Å². The Bertz CT molecular complexity index is 1370. The van der Waals surface area contributed by atoms with Crippen LogP contribution in [0.3, 0.4) is 0 Å². The van der Waals surface area contributed by atoms with Gasteiger partial charge in [0.05, 0.1) is 24.8 Å². The Morgan fingerprint density at radius 1 is 1.00 bits per heavy atom. The number of carbonyl (C=O) groups excluding carboxylic acids is 1. The maximum Gasteiger partial charge on any atom is 0.340 e. The van der Waals surface area contributed by atoms with Gasteiger partial charge in [0.1, 0.15) is 11.3 Å². The van der Waals surface area contributed by atoms with E-state index in [4.69, 9.17) is 9.15 Å². The number of para-hydroxylation sites is 2. The molecule has 1 N–H and O–H groups in total. The van der Waals surface area contributed by atoms with Crippen LogP contribution in [0.4, 0.5) is 5.69 Å². The summed E-state index contributed by atoms with van der Waals surface area (Å²) < 4.78 is 11.0. The molecule has 1 aliphatic rings. The van der Waals surface area contributed by atoms with Crippen molar-refractivity contribution >= 4 is 22.6 Å². The number of hydrogen-bond donors (Lipinski definition) is 1. The number of amides is 1. The molecule has 0 aliphatic heterocycles. The molecule has 32 heavy (non-hydrogen) atoms.